The Morgan fingerprint density at radius 1 is 0.812 bits per heavy atom. The number of hydrogen-bond acceptors (Lipinski definition) is 8. The molecule has 0 saturated carbocycles. The Bertz CT molecular complexity index is 2010. The Hall–Kier alpha value is -3.97. The van der Waals surface area contributed by atoms with Gasteiger partial charge in [-0.05, 0) is 48.0 Å². The summed E-state index contributed by atoms with van der Waals surface area (Å²) < 4.78 is 10.7. The minimum absolute atomic E-state index is 0.245. The van der Waals surface area contributed by atoms with Crippen molar-refractivity contribution in [3.05, 3.63) is 115 Å². The first-order chi connectivity index (χ1) is 23.0. The third-order valence-electron chi connectivity index (χ3n) is 6.83. The van der Waals surface area contributed by atoms with Crippen molar-refractivity contribution in [2.75, 3.05) is 24.9 Å². The van der Waals surface area contributed by atoms with Gasteiger partial charge in [0.25, 0.3) is 5.91 Å². The smallest absolute Gasteiger partial charge is 0.338 e. The molecule has 0 bridgehead atoms. The number of amides is 2. The number of methoxy groups -OCH3 is 2. The molecule has 0 aliphatic rings. The van der Waals surface area contributed by atoms with Gasteiger partial charge in [-0.2, -0.15) is 0 Å². The predicted molar refractivity (Wildman–Crippen MR) is 192 cm³/mol. The van der Waals surface area contributed by atoms with Gasteiger partial charge in [-0.1, -0.05) is 76.7 Å². The number of rotatable bonds is 11. The standard InChI is InChI=1S/C33H23Cl4N3O6S2/c1-45-21-13-8-17(14-22(21)46-2)20-15-47-33(39-20)40-31(42)29(16-6-4-3-5-7-16)48-19-11-9-18(10-12-19)38-30(41)23-24(32(43)44)26(35)28(37)27(36)25(23)34/h3-15,29H,1-2H3,(H,38,41)(H,43,44)(H,39,40,42). The maximum atomic E-state index is 13.7. The number of carboxylic acid groups (broad SMARTS) is 1. The molecule has 15 heteroatoms. The first kappa shape index (κ1) is 35.3. The summed E-state index contributed by atoms with van der Waals surface area (Å²) in [5.41, 5.74) is 1.55. The summed E-state index contributed by atoms with van der Waals surface area (Å²) >= 11 is 27.0. The van der Waals surface area contributed by atoms with Crippen LogP contribution in [0.1, 0.15) is 31.5 Å². The number of ether oxygens (including phenoxy) is 2. The number of carbonyl (C=O) groups excluding carboxylic acids is 2. The van der Waals surface area contributed by atoms with Gasteiger partial charge in [0, 0.05) is 21.5 Å². The number of aromatic carboxylic acids is 1. The summed E-state index contributed by atoms with van der Waals surface area (Å²) in [6.45, 7) is 0. The van der Waals surface area contributed by atoms with Crippen LogP contribution >= 0.6 is 69.5 Å². The van der Waals surface area contributed by atoms with E-state index in [-0.39, 0.29) is 21.0 Å². The molecule has 0 saturated heterocycles. The first-order valence-electron chi connectivity index (χ1n) is 13.7. The fourth-order valence-electron chi connectivity index (χ4n) is 4.52. The normalized spacial score (nSPS) is 11.5. The SMILES string of the molecule is COc1ccc(-c2csc(NC(=O)C(Sc3ccc(NC(=O)c4c(Cl)c(Cl)c(Cl)c(Cl)c4C(=O)O)cc3)c3ccccc3)n2)cc1OC. The van der Waals surface area contributed by atoms with Gasteiger partial charge in [0.15, 0.2) is 16.6 Å². The number of anilines is 2. The van der Waals surface area contributed by atoms with Crippen molar-refractivity contribution < 1.29 is 29.0 Å². The Morgan fingerprint density at radius 3 is 2.08 bits per heavy atom. The van der Waals surface area contributed by atoms with Crippen molar-refractivity contribution in [3.8, 4) is 22.8 Å². The van der Waals surface area contributed by atoms with E-state index in [4.69, 9.17) is 55.9 Å². The number of nitrogens with one attached hydrogen (secondary N) is 2. The van der Waals surface area contributed by atoms with Crippen LogP contribution < -0.4 is 20.1 Å². The lowest BCUT2D eigenvalue weighted by Gasteiger charge is -2.17. The van der Waals surface area contributed by atoms with Crippen LogP contribution in [0.4, 0.5) is 10.8 Å². The van der Waals surface area contributed by atoms with E-state index in [1.165, 1.54) is 23.1 Å². The Balaban J connectivity index is 1.34. The highest BCUT2D eigenvalue weighted by Crippen LogP contribution is 2.42. The lowest BCUT2D eigenvalue weighted by molar-refractivity contribution is -0.115. The van der Waals surface area contributed by atoms with E-state index in [0.29, 0.717) is 32.9 Å². The predicted octanol–water partition coefficient (Wildman–Crippen LogP) is 9.86. The molecule has 2 amide bonds. The van der Waals surface area contributed by atoms with Crippen LogP contribution in [-0.2, 0) is 4.79 Å². The zero-order valence-corrected chi connectivity index (χ0v) is 29.5. The summed E-state index contributed by atoms with van der Waals surface area (Å²) in [5, 5.41) is 15.5. The van der Waals surface area contributed by atoms with Gasteiger partial charge in [0.1, 0.15) is 5.25 Å². The number of nitrogens with zero attached hydrogens (tertiary/aromatic N) is 1. The molecule has 1 aromatic heterocycles. The molecule has 0 fully saturated rings. The molecule has 0 spiro atoms. The van der Waals surface area contributed by atoms with Crippen molar-refractivity contribution in [1.29, 1.82) is 0 Å². The van der Waals surface area contributed by atoms with Crippen LogP contribution in [0.3, 0.4) is 0 Å². The Labute approximate surface area is 303 Å². The first-order valence-corrected chi connectivity index (χ1v) is 17.0. The molecule has 0 radical (unpaired) electrons. The quantitative estimate of drug-likeness (QED) is 0.0690. The lowest BCUT2D eigenvalue weighted by Crippen LogP contribution is -2.19. The summed E-state index contributed by atoms with van der Waals surface area (Å²) in [5.74, 6) is -1.49. The molecule has 1 unspecified atom stereocenters. The molecule has 1 heterocycles. The summed E-state index contributed by atoms with van der Waals surface area (Å²) in [6.07, 6.45) is 0. The van der Waals surface area contributed by atoms with Gasteiger partial charge in [-0.3, -0.25) is 9.59 Å². The molecule has 0 aliphatic heterocycles. The molecular weight excluding hydrogens is 740 g/mol. The highest BCUT2D eigenvalue weighted by molar-refractivity contribution is 8.00. The van der Waals surface area contributed by atoms with Crippen molar-refractivity contribution >= 4 is 98.1 Å². The Morgan fingerprint density at radius 2 is 1.46 bits per heavy atom. The van der Waals surface area contributed by atoms with Gasteiger partial charge in [0.05, 0.1) is 51.1 Å². The topological polar surface area (TPSA) is 127 Å². The van der Waals surface area contributed by atoms with Crippen LogP contribution in [-0.4, -0.2) is 42.1 Å². The molecule has 5 rings (SSSR count). The van der Waals surface area contributed by atoms with E-state index in [1.54, 1.807) is 44.6 Å². The Kier molecular flexibility index (Phi) is 11.4. The van der Waals surface area contributed by atoms with E-state index in [1.807, 2.05) is 47.8 Å². The van der Waals surface area contributed by atoms with Crippen molar-refractivity contribution in [1.82, 2.24) is 4.98 Å². The number of aromatic nitrogens is 1. The number of benzene rings is 4. The largest absolute Gasteiger partial charge is 0.493 e. The third kappa shape index (κ3) is 7.67. The molecule has 246 valence electrons. The summed E-state index contributed by atoms with van der Waals surface area (Å²) in [4.78, 5) is 44.0. The van der Waals surface area contributed by atoms with Gasteiger partial charge < -0.3 is 25.2 Å². The average molecular weight is 764 g/mol. The van der Waals surface area contributed by atoms with Gasteiger partial charge in [0.2, 0.25) is 5.91 Å². The van der Waals surface area contributed by atoms with E-state index < -0.39 is 33.3 Å². The van der Waals surface area contributed by atoms with E-state index >= 15 is 0 Å². The average Bonchev–Trinajstić information content (AvgIpc) is 3.56. The van der Waals surface area contributed by atoms with Crippen LogP contribution in [0.25, 0.3) is 11.3 Å². The maximum absolute atomic E-state index is 13.7. The van der Waals surface area contributed by atoms with Crippen molar-refractivity contribution in [2.24, 2.45) is 0 Å². The van der Waals surface area contributed by atoms with E-state index in [2.05, 4.69) is 15.6 Å². The number of carbonyl (C=O) groups is 3. The number of thioether (sulfide) groups is 1. The second-order valence-electron chi connectivity index (χ2n) is 9.80. The maximum Gasteiger partial charge on any atom is 0.338 e. The van der Waals surface area contributed by atoms with Gasteiger partial charge >= 0.3 is 5.97 Å². The van der Waals surface area contributed by atoms with Crippen molar-refractivity contribution in [3.63, 3.8) is 0 Å². The highest BCUT2D eigenvalue weighted by atomic mass is 35.5. The number of halogens is 4. The zero-order chi connectivity index (χ0) is 34.5. The fourth-order valence-corrected chi connectivity index (χ4v) is 7.29. The van der Waals surface area contributed by atoms with Crippen LogP contribution in [0.2, 0.25) is 20.1 Å². The monoisotopic (exact) mass is 761 g/mol. The van der Waals surface area contributed by atoms with Crippen LogP contribution in [0.5, 0.6) is 11.5 Å². The van der Waals surface area contributed by atoms with Gasteiger partial charge in [-0.25, -0.2) is 9.78 Å². The molecule has 9 nitrogen and oxygen atoms in total. The lowest BCUT2D eigenvalue weighted by atomic mass is 10.1. The second-order valence-corrected chi connectivity index (χ2v) is 13.3. The molecule has 0 aliphatic carbocycles. The number of hydrogen-bond donors (Lipinski definition) is 3. The van der Waals surface area contributed by atoms with Crippen LogP contribution in [0, 0.1) is 0 Å². The van der Waals surface area contributed by atoms with E-state index in [9.17, 15) is 19.5 Å². The summed E-state index contributed by atoms with van der Waals surface area (Å²) in [7, 11) is 3.12. The molecule has 4 aromatic carbocycles. The number of thiazole rings is 1. The molecule has 3 N–H and O–H groups in total. The molecule has 1 atom stereocenters. The molecular formula is C33H23Cl4N3O6S2. The third-order valence-corrected chi connectivity index (χ3v) is 10.7. The van der Waals surface area contributed by atoms with Crippen LogP contribution in [0.15, 0.2) is 83.1 Å². The highest BCUT2D eigenvalue weighted by Gasteiger charge is 2.29. The fraction of sp³-hybridized carbons (Fsp3) is 0.0909. The molecule has 5 aromatic rings. The number of carboxylic acids is 1. The second kappa shape index (κ2) is 15.5. The minimum atomic E-state index is -1.50. The van der Waals surface area contributed by atoms with E-state index in [0.717, 1.165) is 11.1 Å². The molecule has 48 heavy (non-hydrogen) atoms. The van der Waals surface area contributed by atoms with Gasteiger partial charge in [-0.15, -0.1) is 23.1 Å². The zero-order valence-electron chi connectivity index (χ0n) is 24.8. The minimum Gasteiger partial charge on any atom is -0.493 e. The summed E-state index contributed by atoms with van der Waals surface area (Å²) in [6, 6.07) is 21.3. The van der Waals surface area contributed by atoms with Crippen molar-refractivity contribution in [2.45, 2.75) is 10.1 Å².